The number of aliphatic hydroxyl groups is 2. The molecule has 0 aliphatic rings. The van der Waals surface area contributed by atoms with Crippen LogP contribution in [0.3, 0.4) is 0 Å². The zero-order valence-electron chi connectivity index (χ0n) is 10.4. The Labute approximate surface area is 113 Å². The van der Waals surface area contributed by atoms with Gasteiger partial charge in [-0.05, 0) is 17.7 Å². The Balaban J connectivity index is 2.55. The molecule has 2 atom stereocenters. The molecule has 0 spiro atoms. The minimum atomic E-state index is -1.31. The van der Waals surface area contributed by atoms with E-state index in [1.807, 2.05) is 0 Å². The van der Waals surface area contributed by atoms with Crippen molar-refractivity contribution in [2.45, 2.75) is 12.2 Å². The SMILES string of the molecule is NCC(O)C(O)c1ccc2c(=O)c(C(=O)O)c[nH]c2c1. The molecule has 1 aromatic carbocycles. The number of benzene rings is 1. The molecular weight excluding hydrogens is 264 g/mol. The third-order valence-electron chi connectivity index (χ3n) is 3.08. The number of nitrogens with one attached hydrogen (secondary N) is 1. The molecule has 0 saturated carbocycles. The van der Waals surface area contributed by atoms with Crippen LogP contribution in [0.5, 0.6) is 0 Å². The molecule has 106 valence electrons. The number of H-pyrrole nitrogens is 1. The molecular formula is C13H14N2O5. The van der Waals surface area contributed by atoms with Gasteiger partial charge in [0.1, 0.15) is 11.7 Å². The molecule has 2 rings (SSSR count). The second-order valence-electron chi connectivity index (χ2n) is 4.39. The lowest BCUT2D eigenvalue weighted by atomic mass is 10.0. The van der Waals surface area contributed by atoms with Gasteiger partial charge in [-0.25, -0.2) is 4.79 Å². The van der Waals surface area contributed by atoms with Crippen LogP contribution >= 0.6 is 0 Å². The minimum Gasteiger partial charge on any atom is -0.477 e. The lowest BCUT2D eigenvalue weighted by Gasteiger charge is -2.16. The van der Waals surface area contributed by atoms with E-state index >= 15 is 0 Å². The van der Waals surface area contributed by atoms with E-state index < -0.39 is 23.6 Å². The summed E-state index contributed by atoms with van der Waals surface area (Å²) < 4.78 is 0. The summed E-state index contributed by atoms with van der Waals surface area (Å²) in [6, 6.07) is 4.33. The van der Waals surface area contributed by atoms with Crippen LogP contribution in [-0.4, -0.2) is 38.9 Å². The van der Waals surface area contributed by atoms with E-state index in [9.17, 15) is 19.8 Å². The van der Waals surface area contributed by atoms with E-state index in [2.05, 4.69) is 4.98 Å². The molecule has 7 nitrogen and oxygen atoms in total. The number of rotatable bonds is 4. The van der Waals surface area contributed by atoms with Crippen LogP contribution in [0.15, 0.2) is 29.2 Å². The average molecular weight is 278 g/mol. The molecule has 20 heavy (non-hydrogen) atoms. The number of pyridine rings is 1. The van der Waals surface area contributed by atoms with Gasteiger partial charge in [0.2, 0.25) is 5.43 Å². The number of hydrogen-bond donors (Lipinski definition) is 5. The lowest BCUT2D eigenvalue weighted by molar-refractivity contribution is 0.0244. The van der Waals surface area contributed by atoms with Crippen LogP contribution in [-0.2, 0) is 0 Å². The van der Waals surface area contributed by atoms with Gasteiger partial charge in [0.25, 0.3) is 0 Å². The van der Waals surface area contributed by atoms with Gasteiger partial charge < -0.3 is 26.0 Å². The summed E-state index contributed by atoms with van der Waals surface area (Å²) in [6.45, 7) is -0.103. The van der Waals surface area contributed by atoms with Gasteiger partial charge >= 0.3 is 5.97 Å². The van der Waals surface area contributed by atoms with E-state index in [-0.39, 0.29) is 17.5 Å². The Morgan fingerprint density at radius 2 is 2.05 bits per heavy atom. The summed E-state index contributed by atoms with van der Waals surface area (Å²) in [6.07, 6.45) is -1.19. The molecule has 1 heterocycles. The van der Waals surface area contributed by atoms with Crippen molar-refractivity contribution in [2.24, 2.45) is 5.73 Å². The van der Waals surface area contributed by atoms with Gasteiger partial charge in [-0.15, -0.1) is 0 Å². The second kappa shape index (κ2) is 5.41. The zero-order chi connectivity index (χ0) is 14.9. The summed E-state index contributed by atoms with van der Waals surface area (Å²) >= 11 is 0. The molecule has 0 saturated heterocycles. The number of aromatic carboxylic acids is 1. The van der Waals surface area contributed by atoms with Gasteiger partial charge in [-0.3, -0.25) is 4.79 Å². The first-order valence-electron chi connectivity index (χ1n) is 5.90. The van der Waals surface area contributed by atoms with Gasteiger partial charge in [0, 0.05) is 23.6 Å². The maximum absolute atomic E-state index is 11.9. The smallest absolute Gasteiger partial charge is 0.341 e. The number of aromatic amines is 1. The molecule has 0 amide bonds. The van der Waals surface area contributed by atoms with Crippen molar-refractivity contribution in [1.82, 2.24) is 4.98 Å². The number of nitrogens with two attached hydrogens (primary N) is 1. The maximum atomic E-state index is 11.9. The van der Waals surface area contributed by atoms with Crippen LogP contribution in [0.1, 0.15) is 22.0 Å². The number of hydrogen-bond acceptors (Lipinski definition) is 5. The first-order chi connectivity index (χ1) is 9.45. The van der Waals surface area contributed by atoms with Crippen molar-refractivity contribution in [3.8, 4) is 0 Å². The molecule has 0 fully saturated rings. The van der Waals surface area contributed by atoms with Crippen LogP contribution < -0.4 is 11.2 Å². The maximum Gasteiger partial charge on any atom is 0.341 e. The molecule has 6 N–H and O–H groups in total. The highest BCUT2D eigenvalue weighted by Crippen LogP contribution is 2.20. The number of fused-ring (bicyclic) bond motifs is 1. The van der Waals surface area contributed by atoms with Crippen LogP contribution in [0.4, 0.5) is 0 Å². The third-order valence-corrected chi connectivity index (χ3v) is 3.08. The molecule has 1 aromatic heterocycles. The van der Waals surface area contributed by atoms with E-state index in [1.165, 1.54) is 18.2 Å². The average Bonchev–Trinajstić information content (AvgIpc) is 2.45. The first-order valence-corrected chi connectivity index (χ1v) is 5.90. The quantitative estimate of drug-likeness (QED) is 0.515. The lowest BCUT2D eigenvalue weighted by Crippen LogP contribution is -2.27. The molecule has 0 radical (unpaired) electrons. The molecule has 0 aliphatic heterocycles. The van der Waals surface area contributed by atoms with E-state index in [0.717, 1.165) is 6.20 Å². The predicted molar refractivity (Wildman–Crippen MR) is 71.5 cm³/mol. The van der Waals surface area contributed by atoms with Crippen molar-refractivity contribution in [3.05, 3.63) is 45.7 Å². The number of carbonyl (C=O) groups is 1. The summed E-state index contributed by atoms with van der Waals surface area (Å²) in [5.41, 5.74) is 5.07. The minimum absolute atomic E-state index is 0.103. The number of carboxylic acid groups (broad SMARTS) is 1. The first kappa shape index (κ1) is 14.2. The fourth-order valence-electron chi connectivity index (χ4n) is 1.93. The molecule has 2 unspecified atom stereocenters. The van der Waals surface area contributed by atoms with Crippen molar-refractivity contribution in [3.63, 3.8) is 0 Å². The number of carboxylic acids is 1. The van der Waals surface area contributed by atoms with Crippen LogP contribution in [0.2, 0.25) is 0 Å². The Kier molecular flexibility index (Phi) is 3.84. The second-order valence-corrected chi connectivity index (χ2v) is 4.39. The van der Waals surface area contributed by atoms with Crippen molar-refractivity contribution in [1.29, 1.82) is 0 Å². The standard InChI is InChI=1S/C13H14N2O5/c14-4-10(16)11(17)6-1-2-7-9(3-6)15-5-8(12(7)18)13(19)20/h1-3,5,10-11,16-17H,4,14H2,(H,15,18)(H,19,20). The Bertz CT molecular complexity index is 709. The molecule has 2 aromatic rings. The predicted octanol–water partition coefficient (Wildman–Crippen LogP) is -0.421. The fourth-order valence-corrected chi connectivity index (χ4v) is 1.93. The van der Waals surface area contributed by atoms with Crippen LogP contribution in [0, 0.1) is 0 Å². The van der Waals surface area contributed by atoms with E-state index in [0.29, 0.717) is 11.1 Å². The highest BCUT2D eigenvalue weighted by atomic mass is 16.4. The third kappa shape index (κ3) is 2.42. The molecule has 0 bridgehead atoms. The van der Waals surface area contributed by atoms with Crippen LogP contribution in [0.25, 0.3) is 10.9 Å². The zero-order valence-corrected chi connectivity index (χ0v) is 10.4. The monoisotopic (exact) mass is 278 g/mol. The molecule has 7 heteroatoms. The largest absolute Gasteiger partial charge is 0.477 e. The van der Waals surface area contributed by atoms with E-state index in [1.54, 1.807) is 0 Å². The number of aliphatic hydroxyl groups excluding tert-OH is 2. The van der Waals surface area contributed by atoms with Gasteiger partial charge in [-0.2, -0.15) is 0 Å². The summed E-state index contributed by atoms with van der Waals surface area (Å²) in [5.74, 6) is -1.31. The van der Waals surface area contributed by atoms with Gasteiger partial charge in [0.05, 0.1) is 6.10 Å². The normalized spacial score (nSPS) is 14.2. The summed E-state index contributed by atoms with van der Waals surface area (Å²) in [7, 11) is 0. The summed E-state index contributed by atoms with van der Waals surface area (Å²) in [4.78, 5) is 25.5. The van der Waals surface area contributed by atoms with Gasteiger partial charge in [-0.1, -0.05) is 6.07 Å². The highest BCUT2D eigenvalue weighted by Gasteiger charge is 2.18. The van der Waals surface area contributed by atoms with Gasteiger partial charge in [0.15, 0.2) is 0 Å². The topological polar surface area (TPSA) is 137 Å². The van der Waals surface area contributed by atoms with Crippen molar-refractivity contribution < 1.29 is 20.1 Å². The Hall–Kier alpha value is -2.22. The Morgan fingerprint density at radius 3 is 2.65 bits per heavy atom. The molecule has 0 aliphatic carbocycles. The van der Waals surface area contributed by atoms with Crippen molar-refractivity contribution >= 4 is 16.9 Å². The fraction of sp³-hybridized carbons (Fsp3) is 0.231. The van der Waals surface area contributed by atoms with Crippen molar-refractivity contribution in [2.75, 3.05) is 6.54 Å². The van der Waals surface area contributed by atoms with E-state index in [4.69, 9.17) is 10.8 Å². The highest BCUT2D eigenvalue weighted by molar-refractivity contribution is 5.92. The summed E-state index contributed by atoms with van der Waals surface area (Å²) in [5, 5.41) is 28.4. The number of aromatic nitrogens is 1. The Morgan fingerprint density at radius 1 is 1.35 bits per heavy atom.